The van der Waals surface area contributed by atoms with Crippen LogP contribution >= 0.6 is 0 Å². The number of carbonyl (C=O) groups excluding carboxylic acids is 1. The summed E-state index contributed by atoms with van der Waals surface area (Å²) in [4.78, 5) is 18.2. The van der Waals surface area contributed by atoms with E-state index >= 15 is 0 Å². The molecule has 1 heterocycles. The molecule has 66 valence electrons. The Hall–Kier alpha value is -1.23. The molecular formula is C4H7MoN6O-. The molecule has 1 rings (SSSR count). The first kappa shape index (κ1) is 13.4. The predicted molar refractivity (Wildman–Crippen MR) is 39.8 cm³/mol. The monoisotopic (exact) mass is 253 g/mol. The molecule has 0 aliphatic carbocycles. The van der Waals surface area contributed by atoms with E-state index in [1.165, 1.54) is 0 Å². The van der Waals surface area contributed by atoms with Gasteiger partial charge in [-0.05, 0) is 0 Å². The molecular weight excluding hydrogens is 244 g/mol. The van der Waals surface area contributed by atoms with Crippen LogP contribution in [0.15, 0.2) is 0 Å². The Kier molecular flexibility index (Phi) is 7.21. The summed E-state index contributed by atoms with van der Waals surface area (Å²) in [6, 6.07) is 0. The van der Waals surface area contributed by atoms with Gasteiger partial charge in [0, 0.05) is 21.1 Å². The van der Waals surface area contributed by atoms with Gasteiger partial charge in [-0.15, -0.1) is 0 Å². The third-order valence-corrected chi connectivity index (χ3v) is 0.687. The predicted octanol–water partition coefficient (Wildman–Crippen LogP) is -1.66. The molecule has 1 aromatic rings. The number of hydrogen-bond donors (Lipinski definition) is 3. The number of hydrogen-bond acceptors (Lipinski definition) is 7. The maximum Gasteiger partial charge on any atom is 0.226 e. The summed E-state index contributed by atoms with van der Waals surface area (Å²) in [6.07, 6.45) is 0. The Bertz CT molecular complexity index is 193. The minimum absolute atomic E-state index is 0. The van der Waals surface area contributed by atoms with E-state index in [0.29, 0.717) is 0 Å². The summed E-state index contributed by atoms with van der Waals surface area (Å²) in [5, 5.41) is 0. The Morgan fingerprint density at radius 2 is 1.00 bits per heavy atom. The molecule has 0 aliphatic heterocycles. The zero-order chi connectivity index (χ0) is 8.85. The van der Waals surface area contributed by atoms with Gasteiger partial charge in [0.05, 0.1) is 0 Å². The summed E-state index contributed by atoms with van der Waals surface area (Å²) in [5.41, 5.74) is 15.4. The van der Waals surface area contributed by atoms with Crippen molar-refractivity contribution in [2.24, 2.45) is 0 Å². The van der Waals surface area contributed by atoms with Gasteiger partial charge in [0.2, 0.25) is 17.8 Å². The molecule has 0 saturated heterocycles. The van der Waals surface area contributed by atoms with Crippen LogP contribution in [-0.2, 0) is 25.9 Å². The van der Waals surface area contributed by atoms with Crippen LogP contribution in [0.25, 0.3) is 0 Å². The Morgan fingerprint density at radius 1 is 0.833 bits per heavy atom. The molecule has 0 bridgehead atoms. The van der Waals surface area contributed by atoms with E-state index in [-0.39, 0.29) is 38.9 Å². The van der Waals surface area contributed by atoms with E-state index < -0.39 is 0 Å². The molecule has 7 nitrogen and oxygen atoms in total. The van der Waals surface area contributed by atoms with Gasteiger partial charge in [-0.3, -0.25) is 6.79 Å². The molecule has 0 fully saturated rings. The van der Waals surface area contributed by atoms with E-state index in [1.54, 1.807) is 0 Å². The molecule has 6 N–H and O–H groups in total. The summed E-state index contributed by atoms with van der Waals surface area (Å²) < 4.78 is 0. The van der Waals surface area contributed by atoms with Gasteiger partial charge in [0.15, 0.2) is 0 Å². The fourth-order valence-corrected chi connectivity index (χ4v) is 0.427. The van der Waals surface area contributed by atoms with Gasteiger partial charge < -0.3 is 22.0 Å². The SMILES string of the molecule is Nc1nc(N)nc(N)n1.[CH-]=O.[Mo]. The molecule has 0 amide bonds. The van der Waals surface area contributed by atoms with E-state index in [0.717, 1.165) is 0 Å². The van der Waals surface area contributed by atoms with Gasteiger partial charge in [-0.1, -0.05) is 0 Å². The number of nitrogens with zero attached hydrogens (tertiary/aromatic N) is 3. The van der Waals surface area contributed by atoms with E-state index in [9.17, 15) is 0 Å². The average molecular weight is 251 g/mol. The summed E-state index contributed by atoms with van der Waals surface area (Å²) >= 11 is 0. The van der Waals surface area contributed by atoms with Crippen LogP contribution in [0.2, 0.25) is 0 Å². The molecule has 0 spiro atoms. The number of aromatic nitrogens is 3. The van der Waals surface area contributed by atoms with Crippen LogP contribution in [0.5, 0.6) is 0 Å². The largest absolute Gasteiger partial charge is 0.545 e. The van der Waals surface area contributed by atoms with Crippen molar-refractivity contribution in [2.75, 3.05) is 17.2 Å². The van der Waals surface area contributed by atoms with Crippen molar-refractivity contribution in [2.45, 2.75) is 0 Å². The first-order chi connectivity index (χ1) is 5.18. The topological polar surface area (TPSA) is 134 Å². The summed E-state index contributed by atoms with van der Waals surface area (Å²) in [7, 11) is 0. The van der Waals surface area contributed by atoms with Crippen molar-refractivity contribution in [1.29, 1.82) is 0 Å². The zero-order valence-electron chi connectivity index (χ0n) is 5.97. The Balaban J connectivity index is 0. The maximum absolute atomic E-state index is 7.75. The molecule has 1 aromatic heterocycles. The van der Waals surface area contributed by atoms with E-state index in [4.69, 9.17) is 22.0 Å². The van der Waals surface area contributed by atoms with Crippen molar-refractivity contribution >= 4 is 24.6 Å². The normalized spacial score (nSPS) is 7.33. The Labute approximate surface area is 83.0 Å². The molecule has 0 aromatic carbocycles. The molecule has 0 radical (unpaired) electrons. The van der Waals surface area contributed by atoms with Gasteiger partial charge in [-0.2, -0.15) is 15.0 Å². The number of anilines is 3. The van der Waals surface area contributed by atoms with Gasteiger partial charge in [-0.25, -0.2) is 0 Å². The van der Waals surface area contributed by atoms with Crippen molar-refractivity contribution in [3.63, 3.8) is 0 Å². The van der Waals surface area contributed by atoms with Crippen LogP contribution < -0.4 is 17.2 Å². The number of nitrogens with two attached hydrogens (primary N) is 3. The number of nitrogen functional groups attached to an aromatic ring is 3. The zero-order valence-corrected chi connectivity index (χ0v) is 7.97. The fourth-order valence-electron chi connectivity index (χ4n) is 0.427. The minimum atomic E-state index is 0. The van der Waals surface area contributed by atoms with Gasteiger partial charge in [0.1, 0.15) is 0 Å². The van der Waals surface area contributed by atoms with Gasteiger partial charge in [0.25, 0.3) is 0 Å². The van der Waals surface area contributed by atoms with Crippen LogP contribution in [0.1, 0.15) is 0 Å². The second kappa shape index (κ2) is 6.48. The van der Waals surface area contributed by atoms with Gasteiger partial charge >= 0.3 is 0 Å². The third-order valence-electron chi connectivity index (χ3n) is 0.687. The molecule has 0 atom stereocenters. The van der Waals surface area contributed by atoms with Crippen LogP contribution in [0.4, 0.5) is 17.8 Å². The van der Waals surface area contributed by atoms with Crippen molar-refractivity contribution < 1.29 is 25.9 Å². The second-order valence-corrected chi connectivity index (χ2v) is 1.41. The fraction of sp³-hybridized carbons (Fsp3) is 0. The first-order valence-electron chi connectivity index (χ1n) is 2.44. The summed E-state index contributed by atoms with van der Waals surface area (Å²) in [6.45, 7) is 3.25. The van der Waals surface area contributed by atoms with Crippen LogP contribution in [0, 0.1) is 0 Å². The average Bonchev–Trinajstić information content (AvgIpc) is 1.88. The molecule has 8 heteroatoms. The van der Waals surface area contributed by atoms with E-state index in [1.807, 2.05) is 0 Å². The quantitative estimate of drug-likeness (QED) is 0.285. The molecule has 0 aliphatic rings. The standard InChI is InChI=1S/C3H6N6.CHO.Mo/c4-1-7-2(5)9-3(6)8-1;1-2;/h(H6,4,5,6,7,8,9);1H;/q;-1;. The smallest absolute Gasteiger partial charge is 0.226 e. The first-order valence-corrected chi connectivity index (χ1v) is 2.44. The third kappa shape index (κ3) is 4.56. The Morgan fingerprint density at radius 3 is 1.17 bits per heavy atom. The molecule has 12 heavy (non-hydrogen) atoms. The van der Waals surface area contributed by atoms with Crippen molar-refractivity contribution in [3.05, 3.63) is 0 Å². The van der Waals surface area contributed by atoms with E-state index in [2.05, 4.69) is 21.7 Å². The number of rotatable bonds is 0. The molecule has 0 unspecified atom stereocenters. The van der Waals surface area contributed by atoms with Crippen molar-refractivity contribution in [1.82, 2.24) is 15.0 Å². The summed E-state index contributed by atoms with van der Waals surface area (Å²) in [5.74, 6) is 0.125. The minimum Gasteiger partial charge on any atom is -0.545 e. The van der Waals surface area contributed by atoms with Crippen molar-refractivity contribution in [3.8, 4) is 0 Å². The maximum atomic E-state index is 7.75. The molecule has 0 saturated carbocycles. The van der Waals surface area contributed by atoms with Crippen LogP contribution in [-0.4, -0.2) is 21.7 Å². The second-order valence-electron chi connectivity index (χ2n) is 1.41. The van der Waals surface area contributed by atoms with Crippen LogP contribution in [0.3, 0.4) is 0 Å².